The number of hydrogen-bond donors (Lipinski definition) is 2. The molecule has 0 saturated carbocycles. The summed E-state index contributed by atoms with van der Waals surface area (Å²) in [5, 5.41) is 16.3. The number of carbonyl (C=O) groups is 2. The van der Waals surface area contributed by atoms with Crippen molar-refractivity contribution in [3.8, 4) is 0 Å². The Morgan fingerprint density at radius 2 is 1.50 bits per heavy atom. The zero-order chi connectivity index (χ0) is 21.1. The van der Waals surface area contributed by atoms with Crippen LogP contribution in [-0.2, 0) is 22.4 Å². The molecular weight excluding hydrogens is 381 g/mol. The highest BCUT2D eigenvalue weighted by atomic mass is 19.1. The summed E-state index contributed by atoms with van der Waals surface area (Å²) in [6, 6.07) is 22.3. The predicted octanol–water partition coefficient (Wildman–Crippen LogP) is 4.49. The Labute approximate surface area is 173 Å². The van der Waals surface area contributed by atoms with E-state index in [1.165, 1.54) is 18.2 Å². The van der Waals surface area contributed by atoms with Crippen molar-refractivity contribution in [2.45, 2.75) is 18.9 Å². The number of nitrogens with one attached hydrogen (secondary N) is 1. The van der Waals surface area contributed by atoms with Gasteiger partial charge in [0.2, 0.25) is 5.91 Å². The molecule has 0 aliphatic heterocycles. The number of fused-ring (bicyclic) bond motifs is 2. The Morgan fingerprint density at radius 3 is 2.10 bits per heavy atom. The number of halogens is 1. The number of carboxylic acid groups (broad SMARTS) is 1. The van der Waals surface area contributed by atoms with Gasteiger partial charge in [0.05, 0.1) is 6.42 Å². The lowest BCUT2D eigenvalue weighted by molar-refractivity contribution is -0.141. The first-order valence-electron chi connectivity index (χ1n) is 9.67. The molecule has 4 aromatic carbocycles. The van der Waals surface area contributed by atoms with Crippen molar-refractivity contribution < 1.29 is 19.1 Å². The average Bonchev–Trinajstić information content (AvgIpc) is 2.72. The van der Waals surface area contributed by atoms with Crippen LogP contribution in [0.15, 0.2) is 78.9 Å². The van der Waals surface area contributed by atoms with Crippen molar-refractivity contribution in [1.82, 2.24) is 5.32 Å². The molecule has 0 bridgehead atoms. The molecule has 0 aliphatic carbocycles. The molecule has 4 rings (SSSR count). The molecular formula is C25H20FNO3. The second kappa shape index (κ2) is 8.33. The third-order valence-corrected chi connectivity index (χ3v) is 5.18. The van der Waals surface area contributed by atoms with Crippen molar-refractivity contribution in [1.29, 1.82) is 0 Å². The van der Waals surface area contributed by atoms with Gasteiger partial charge in [-0.1, -0.05) is 60.7 Å². The van der Waals surface area contributed by atoms with Gasteiger partial charge >= 0.3 is 5.97 Å². The topological polar surface area (TPSA) is 66.4 Å². The molecule has 0 fully saturated rings. The van der Waals surface area contributed by atoms with Crippen molar-refractivity contribution in [3.63, 3.8) is 0 Å². The molecule has 2 N–H and O–H groups in total. The van der Waals surface area contributed by atoms with E-state index >= 15 is 0 Å². The number of benzene rings is 4. The van der Waals surface area contributed by atoms with E-state index in [1.54, 1.807) is 6.07 Å². The first-order chi connectivity index (χ1) is 14.5. The lowest BCUT2D eigenvalue weighted by Gasteiger charge is -2.18. The molecule has 0 saturated heterocycles. The molecule has 0 heterocycles. The quantitative estimate of drug-likeness (QED) is 0.468. The fourth-order valence-electron chi connectivity index (χ4n) is 3.81. The van der Waals surface area contributed by atoms with Gasteiger partial charge in [0.25, 0.3) is 0 Å². The smallest absolute Gasteiger partial charge is 0.326 e. The Balaban J connectivity index is 1.65. The monoisotopic (exact) mass is 401 g/mol. The SMILES string of the molecule is O=C(Cc1cccc(F)c1)N[C@@H](Cc1c2ccccc2cc2ccccc12)C(=O)O. The van der Waals surface area contributed by atoms with E-state index in [9.17, 15) is 19.1 Å². The van der Waals surface area contributed by atoms with E-state index in [1.807, 2.05) is 48.5 Å². The van der Waals surface area contributed by atoms with Crippen molar-refractivity contribution >= 4 is 33.4 Å². The molecule has 0 aliphatic rings. The Morgan fingerprint density at radius 1 is 0.867 bits per heavy atom. The molecule has 4 nitrogen and oxygen atoms in total. The van der Waals surface area contributed by atoms with Gasteiger partial charge in [-0.2, -0.15) is 0 Å². The van der Waals surface area contributed by atoms with Crippen LogP contribution in [-0.4, -0.2) is 23.0 Å². The fourth-order valence-corrected chi connectivity index (χ4v) is 3.81. The summed E-state index contributed by atoms with van der Waals surface area (Å²) < 4.78 is 13.4. The minimum absolute atomic E-state index is 0.0855. The lowest BCUT2D eigenvalue weighted by atomic mass is 9.92. The molecule has 0 unspecified atom stereocenters. The zero-order valence-corrected chi connectivity index (χ0v) is 16.1. The van der Waals surface area contributed by atoms with Gasteiger partial charge in [0.15, 0.2) is 0 Å². The number of carbonyl (C=O) groups excluding carboxylic acids is 1. The fraction of sp³-hybridized carbons (Fsp3) is 0.120. The normalized spacial score (nSPS) is 12.0. The summed E-state index contributed by atoms with van der Waals surface area (Å²) in [7, 11) is 0. The van der Waals surface area contributed by atoms with Gasteiger partial charge in [-0.25, -0.2) is 9.18 Å². The van der Waals surface area contributed by atoms with Gasteiger partial charge in [-0.05, 0) is 50.9 Å². The first kappa shape index (κ1) is 19.6. The lowest BCUT2D eigenvalue weighted by Crippen LogP contribution is -2.43. The molecule has 5 heteroatoms. The predicted molar refractivity (Wildman–Crippen MR) is 115 cm³/mol. The van der Waals surface area contributed by atoms with E-state index in [2.05, 4.69) is 11.4 Å². The summed E-state index contributed by atoms with van der Waals surface area (Å²) >= 11 is 0. The second-order valence-corrected chi connectivity index (χ2v) is 7.27. The van der Waals surface area contributed by atoms with E-state index in [-0.39, 0.29) is 12.8 Å². The third-order valence-electron chi connectivity index (χ3n) is 5.18. The molecule has 30 heavy (non-hydrogen) atoms. The maximum absolute atomic E-state index is 13.4. The molecule has 0 radical (unpaired) electrons. The highest BCUT2D eigenvalue weighted by Gasteiger charge is 2.23. The van der Waals surface area contributed by atoms with E-state index in [0.29, 0.717) is 5.56 Å². The van der Waals surface area contributed by atoms with E-state index in [4.69, 9.17) is 0 Å². The minimum atomic E-state index is -1.11. The molecule has 0 spiro atoms. The Kier molecular flexibility index (Phi) is 5.44. The highest BCUT2D eigenvalue weighted by Crippen LogP contribution is 2.29. The van der Waals surface area contributed by atoms with Gasteiger partial charge in [-0.3, -0.25) is 4.79 Å². The van der Waals surface area contributed by atoms with Crippen LogP contribution in [0.2, 0.25) is 0 Å². The summed E-state index contributed by atoms with van der Waals surface area (Å²) in [6.45, 7) is 0. The summed E-state index contributed by atoms with van der Waals surface area (Å²) in [4.78, 5) is 24.4. The zero-order valence-electron chi connectivity index (χ0n) is 16.1. The Bertz CT molecular complexity index is 1200. The van der Waals surface area contributed by atoms with Crippen LogP contribution >= 0.6 is 0 Å². The van der Waals surface area contributed by atoms with Crippen molar-refractivity contribution in [3.05, 3.63) is 95.8 Å². The summed E-state index contributed by atoms with van der Waals surface area (Å²) in [5.74, 6) is -2.01. The number of rotatable bonds is 6. The van der Waals surface area contributed by atoms with Crippen LogP contribution in [0.1, 0.15) is 11.1 Å². The minimum Gasteiger partial charge on any atom is -0.480 e. The van der Waals surface area contributed by atoms with Crippen LogP contribution in [0.4, 0.5) is 4.39 Å². The van der Waals surface area contributed by atoms with Crippen LogP contribution < -0.4 is 5.32 Å². The molecule has 150 valence electrons. The summed E-state index contributed by atoms with van der Waals surface area (Å²) in [5.41, 5.74) is 1.37. The number of hydrogen-bond acceptors (Lipinski definition) is 2. The third kappa shape index (κ3) is 4.15. The van der Waals surface area contributed by atoms with E-state index < -0.39 is 23.7 Å². The number of carboxylic acids is 1. The standard InChI is InChI=1S/C25H20FNO3/c26-19-9-5-6-16(12-19)13-24(28)27-23(25(29)30)15-22-20-10-3-1-7-17(20)14-18-8-2-4-11-21(18)22/h1-12,14,23H,13,15H2,(H,27,28)(H,29,30)/t23-/m0/s1. The molecule has 1 amide bonds. The van der Waals surface area contributed by atoms with Crippen LogP contribution in [0.25, 0.3) is 21.5 Å². The van der Waals surface area contributed by atoms with Crippen molar-refractivity contribution in [2.75, 3.05) is 0 Å². The maximum atomic E-state index is 13.4. The van der Waals surface area contributed by atoms with Gasteiger partial charge < -0.3 is 10.4 Å². The number of aliphatic carboxylic acids is 1. The van der Waals surface area contributed by atoms with E-state index in [0.717, 1.165) is 27.1 Å². The van der Waals surface area contributed by atoms with Crippen LogP contribution in [0.3, 0.4) is 0 Å². The van der Waals surface area contributed by atoms with Gasteiger partial charge in [-0.15, -0.1) is 0 Å². The molecule has 0 aromatic heterocycles. The second-order valence-electron chi connectivity index (χ2n) is 7.27. The largest absolute Gasteiger partial charge is 0.480 e. The Hall–Kier alpha value is -3.73. The van der Waals surface area contributed by atoms with Crippen LogP contribution in [0.5, 0.6) is 0 Å². The van der Waals surface area contributed by atoms with Gasteiger partial charge in [0, 0.05) is 6.42 Å². The van der Waals surface area contributed by atoms with Crippen molar-refractivity contribution in [2.24, 2.45) is 0 Å². The van der Waals surface area contributed by atoms with Gasteiger partial charge in [0.1, 0.15) is 11.9 Å². The molecule has 1 atom stereocenters. The molecule has 4 aromatic rings. The average molecular weight is 401 g/mol. The highest BCUT2D eigenvalue weighted by molar-refractivity contribution is 6.02. The number of amides is 1. The maximum Gasteiger partial charge on any atom is 0.326 e. The summed E-state index contributed by atoms with van der Waals surface area (Å²) in [6.07, 6.45) is 0.0594. The first-order valence-corrected chi connectivity index (χ1v) is 9.67. The van der Waals surface area contributed by atoms with Crippen LogP contribution in [0, 0.1) is 5.82 Å².